The van der Waals surface area contributed by atoms with E-state index in [0.29, 0.717) is 6.04 Å². The predicted molar refractivity (Wildman–Crippen MR) is 79.2 cm³/mol. The summed E-state index contributed by atoms with van der Waals surface area (Å²) in [5.41, 5.74) is 0. The van der Waals surface area contributed by atoms with Gasteiger partial charge in [0.25, 0.3) is 0 Å². The van der Waals surface area contributed by atoms with Crippen LogP contribution < -0.4 is 5.32 Å². The van der Waals surface area contributed by atoms with E-state index in [1.807, 2.05) is 0 Å². The van der Waals surface area contributed by atoms with E-state index >= 15 is 0 Å². The Bertz CT molecular complexity index is 221. The van der Waals surface area contributed by atoms with Gasteiger partial charge < -0.3 is 10.1 Å². The molecule has 0 spiro atoms. The minimum Gasteiger partial charge on any atom is -0.381 e. The van der Waals surface area contributed by atoms with Crippen LogP contribution >= 0.6 is 23.5 Å². The third-order valence-corrected chi connectivity index (χ3v) is 7.33. The largest absolute Gasteiger partial charge is 0.381 e. The van der Waals surface area contributed by atoms with Crippen LogP contribution in [0.3, 0.4) is 0 Å². The molecule has 2 rings (SSSR count). The number of ether oxygens (including phenoxy) is 1. The SMILES string of the molecule is CCC1SCCSC1C(NC)C1CCOCC1. The van der Waals surface area contributed by atoms with Gasteiger partial charge in [0.2, 0.25) is 0 Å². The molecule has 0 radical (unpaired) electrons. The van der Waals surface area contributed by atoms with Crippen LogP contribution in [0.4, 0.5) is 0 Å². The molecule has 0 saturated carbocycles. The van der Waals surface area contributed by atoms with Crippen molar-refractivity contribution in [3.05, 3.63) is 0 Å². The van der Waals surface area contributed by atoms with E-state index in [0.717, 1.165) is 29.6 Å². The molecule has 100 valence electrons. The zero-order chi connectivity index (χ0) is 12.1. The molecule has 0 aliphatic carbocycles. The van der Waals surface area contributed by atoms with Crippen molar-refractivity contribution in [2.24, 2.45) is 5.92 Å². The fraction of sp³-hybridized carbons (Fsp3) is 1.00. The highest BCUT2D eigenvalue weighted by Crippen LogP contribution is 2.38. The van der Waals surface area contributed by atoms with Crippen LogP contribution in [0, 0.1) is 5.92 Å². The molecule has 3 atom stereocenters. The lowest BCUT2D eigenvalue weighted by Crippen LogP contribution is -2.49. The van der Waals surface area contributed by atoms with Crippen LogP contribution in [-0.4, -0.2) is 48.3 Å². The summed E-state index contributed by atoms with van der Waals surface area (Å²) in [5.74, 6) is 3.48. The average molecular weight is 275 g/mol. The number of rotatable bonds is 4. The number of hydrogen-bond donors (Lipinski definition) is 1. The van der Waals surface area contributed by atoms with Crippen molar-refractivity contribution in [2.75, 3.05) is 31.8 Å². The van der Waals surface area contributed by atoms with E-state index in [2.05, 4.69) is 42.8 Å². The number of nitrogens with one attached hydrogen (secondary N) is 1. The Morgan fingerprint density at radius 2 is 1.94 bits per heavy atom. The Labute approximate surface area is 114 Å². The predicted octanol–water partition coefficient (Wildman–Crippen LogP) is 2.63. The van der Waals surface area contributed by atoms with Gasteiger partial charge in [0.1, 0.15) is 0 Å². The minimum atomic E-state index is 0.682. The van der Waals surface area contributed by atoms with Crippen LogP contribution in [-0.2, 0) is 4.74 Å². The van der Waals surface area contributed by atoms with Crippen molar-refractivity contribution in [1.29, 1.82) is 0 Å². The Kier molecular flexibility index (Phi) is 6.00. The molecule has 2 nitrogen and oxygen atoms in total. The Hall–Kier alpha value is 0.620. The molecule has 0 aromatic heterocycles. The normalized spacial score (nSPS) is 33.5. The van der Waals surface area contributed by atoms with Crippen molar-refractivity contribution >= 4 is 23.5 Å². The smallest absolute Gasteiger partial charge is 0.0469 e. The first-order valence-corrected chi connectivity index (χ1v) is 8.94. The van der Waals surface area contributed by atoms with E-state index in [4.69, 9.17) is 4.74 Å². The van der Waals surface area contributed by atoms with Crippen LogP contribution in [0.15, 0.2) is 0 Å². The number of hydrogen-bond acceptors (Lipinski definition) is 4. The Balaban J connectivity index is 1.99. The summed E-state index contributed by atoms with van der Waals surface area (Å²) < 4.78 is 5.50. The molecule has 4 heteroatoms. The van der Waals surface area contributed by atoms with Crippen molar-refractivity contribution in [1.82, 2.24) is 5.32 Å². The van der Waals surface area contributed by atoms with Gasteiger partial charge in [0, 0.05) is 41.3 Å². The average Bonchev–Trinajstić information content (AvgIpc) is 2.41. The lowest BCUT2D eigenvalue weighted by Gasteiger charge is -2.40. The summed E-state index contributed by atoms with van der Waals surface area (Å²) in [4.78, 5) is 0. The molecule has 2 aliphatic heterocycles. The summed E-state index contributed by atoms with van der Waals surface area (Å²) in [6, 6.07) is 0.682. The molecule has 17 heavy (non-hydrogen) atoms. The second-order valence-corrected chi connectivity index (χ2v) is 7.55. The fourth-order valence-electron chi connectivity index (χ4n) is 3.01. The summed E-state index contributed by atoms with van der Waals surface area (Å²) in [7, 11) is 2.15. The zero-order valence-corrected chi connectivity index (χ0v) is 12.6. The van der Waals surface area contributed by atoms with Gasteiger partial charge >= 0.3 is 0 Å². The summed E-state index contributed by atoms with van der Waals surface area (Å²) in [6.45, 7) is 4.27. The van der Waals surface area contributed by atoms with Crippen molar-refractivity contribution < 1.29 is 4.74 Å². The van der Waals surface area contributed by atoms with E-state index < -0.39 is 0 Å². The lowest BCUT2D eigenvalue weighted by molar-refractivity contribution is 0.0543. The van der Waals surface area contributed by atoms with Gasteiger partial charge in [-0.15, -0.1) is 0 Å². The maximum atomic E-state index is 5.50. The van der Waals surface area contributed by atoms with Gasteiger partial charge in [-0.05, 0) is 32.2 Å². The second-order valence-electron chi connectivity index (χ2n) is 4.92. The molecule has 0 bridgehead atoms. The first-order chi connectivity index (χ1) is 8.36. The monoisotopic (exact) mass is 275 g/mol. The van der Waals surface area contributed by atoms with E-state index in [-0.39, 0.29) is 0 Å². The van der Waals surface area contributed by atoms with Gasteiger partial charge in [-0.25, -0.2) is 0 Å². The topological polar surface area (TPSA) is 21.3 Å². The van der Waals surface area contributed by atoms with Crippen LogP contribution in [0.2, 0.25) is 0 Å². The Morgan fingerprint density at radius 3 is 2.59 bits per heavy atom. The molecule has 2 heterocycles. The highest BCUT2D eigenvalue weighted by atomic mass is 32.2. The van der Waals surface area contributed by atoms with Crippen LogP contribution in [0.1, 0.15) is 26.2 Å². The van der Waals surface area contributed by atoms with E-state index in [1.54, 1.807) is 0 Å². The van der Waals surface area contributed by atoms with Gasteiger partial charge in [-0.2, -0.15) is 23.5 Å². The maximum Gasteiger partial charge on any atom is 0.0469 e. The summed E-state index contributed by atoms with van der Waals surface area (Å²) in [5, 5.41) is 5.26. The van der Waals surface area contributed by atoms with Gasteiger partial charge in [0.05, 0.1) is 0 Å². The standard InChI is InChI=1S/C13H25NOS2/c1-3-11-13(17-9-8-16-11)12(14-2)10-4-6-15-7-5-10/h10-14H,3-9H2,1-2H3. The molecular formula is C13H25NOS2. The third kappa shape index (κ3) is 3.55. The molecule has 2 aliphatic rings. The molecule has 1 N–H and O–H groups in total. The first kappa shape index (κ1) is 14.0. The van der Waals surface area contributed by atoms with Crippen LogP contribution in [0.25, 0.3) is 0 Å². The van der Waals surface area contributed by atoms with E-state index in [1.165, 1.54) is 30.8 Å². The molecule has 2 saturated heterocycles. The molecular weight excluding hydrogens is 250 g/mol. The van der Waals surface area contributed by atoms with Crippen molar-refractivity contribution in [3.8, 4) is 0 Å². The molecule has 0 aromatic carbocycles. The molecule has 0 amide bonds. The summed E-state index contributed by atoms with van der Waals surface area (Å²) in [6.07, 6.45) is 3.79. The second kappa shape index (κ2) is 7.27. The van der Waals surface area contributed by atoms with Crippen molar-refractivity contribution in [3.63, 3.8) is 0 Å². The quantitative estimate of drug-likeness (QED) is 0.851. The highest BCUT2D eigenvalue weighted by Gasteiger charge is 2.36. The maximum absolute atomic E-state index is 5.50. The fourth-order valence-corrected chi connectivity index (χ4v) is 6.40. The first-order valence-electron chi connectivity index (χ1n) is 6.85. The number of thioether (sulfide) groups is 2. The van der Waals surface area contributed by atoms with E-state index in [9.17, 15) is 0 Å². The van der Waals surface area contributed by atoms with Crippen LogP contribution in [0.5, 0.6) is 0 Å². The zero-order valence-electron chi connectivity index (χ0n) is 11.0. The molecule has 3 unspecified atom stereocenters. The van der Waals surface area contributed by atoms with Gasteiger partial charge in [-0.1, -0.05) is 6.92 Å². The third-order valence-electron chi connectivity index (χ3n) is 3.96. The van der Waals surface area contributed by atoms with Crippen molar-refractivity contribution in [2.45, 2.75) is 42.7 Å². The van der Waals surface area contributed by atoms with Gasteiger partial charge in [0.15, 0.2) is 0 Å². The van der Waals surface area contributed by atoms with Gasteiger partial charge in [-0.3, -0.25) is 0 Å². The molecule has 2 fully saturated rings. The summed E-state index contributed by atoms with van der Waals surface area (Å²) >= 11 is 4.38. The minimum absolute atomic E-state index is 0.682. The Morgan fingerprint density at radius 1 is 1.24 bits per heavy atom. The molecule has 0 aromatic rings. The lowest BCUT2D eigenvalue weighted by atomic mass is 9.88. The highest BCUT2D eigenvalue weighted by molar-refractivity contribution is 8.07.